The maximum atomic E-state index is 13.0. The zero-order chi connectivity index (χ0) is 15.7. The molecule has 0 amide bonds. The maximum Gasteiger partial charge on any atom is 0.270 e. The molecule has 1 aliphatic rings. The lowest BCUT2D eigenvalue weighted by molar-refractivity contribution is 0.120. The van der Waals surface area contributed by atoms with Gasteiger partial charge in [-0.3, -0.25) is 0 Å². The minimum atomic E-state index is -3.84. The summed E-state index contributed by atoms with van der Waals surface area (Å²) in [5.41, 5.74) is 1.43. The van der Waals surface area contributed by atoms with Crippen molar-refractivity contribution in [1.82, 2.24) is 0 Å². The number of anilines is 1. The number of sulfonamides is 1. The molecule has 0 bridgehead atoms. The highest BCUT2D eigenvalue weighted by molar-refractivity contribution is 7.93. The SMILES string of the molecule is COc1ccc(Cl)cc1S(=O)(=O)N1COCc2ccccc21. The second-order valence-electron chi connectivity index (χ2n) is 4.76. The number of nitrogens with zero attached hydrogens (tertiary/aromatic N) is 1. The number of hydrogen-bond donors (Lipinski definition) is 0. The number of hydrogen-bond acceptors (Lipinski definition) is 4. The average Bonchev–Trinajstić information content (AvgIpc) is 2.54. The van der Waals surface area contributed by atoms with Crippen LogP contribution >= 0.6 is 11.6 Å². The predicted octanol–water partition coefficient (Wildman–Crippen LogP) is 3.03. The molecule has 1 aliphatic heterocycles. The summed E-state index contributed by atoms with van der Waals surface area (Å²) in [5, 5.41) is 0.325. The van der Waals surface area contributed by atoms with E-state index in [1.165, 1.54) is 23.5 Å². The normalized spacial score (nSPS) is 14.5. The molecule has 0 aliphatic carbocycles. The molecule has 116 valence electrons. The largest absolute Gasteiger partial charge is 0.495 e. The molecule has 5 nitrogen and oxygen atoms in total. The van der Waals surface area contributed by atoms with E-state index in [4.69, 9.17) is 21.1 Å². The summed E-state index contributed by atoms with van der Waals surface area (Å²) in [6.45, 7) is 0.337. The number of halogens is 1. The number of methoxy groups -OCH3 is 1. The summed E-state index contributed by atoms with van der Waals surface area (Å²) in [5.74, 6) is 0.243. The third kappa shape index (κ3) is 2.54. The van der Waals surface area contributed by atoms with Crippen molar-refractivity contribution in [2.24, 2.45) is 0 Å². The third-order valence-corrected chi connectivity index (χ3v) is 5.41. The number of ether oxygens (including phenoxy) is 2. The summed E-state index contributed by atoms with van der Waals surface area (Å²) in [6.07, 6.45) is 0. The van der Waals surface area contributed by atoms with Gasteiger partial charge in [0.05, 0.1) is 19.4 Å². The maximum absolute atomic E-state index is 13.0. The fraction of sp³-hybridized carbons (Fsp3) is 0.200. The Morgan fingerprint density at radius 1 is 1.23 bits per heavy atom. The molecule has 2 aromatic rings. The van der Waals surface area contributed by atoms with E-state index in [1.807, 2.05) is 12.1 Å². The summed E-state index contributed by atoms with van der Waals surface area (Å²) < 4.78 is 37.8. The Balaban J connectivity index is 2.14. The van der Waals surface area contributed by atoms with Crippen molar-refractivity contribution in [3.63, 3.8) is 0 Å². The first-order valence-corrected chi connectivity index (χ1v) is 8.38. The average molecular weight is 340 g/mol. The lowest BCUT2D eigenvalue weighted by Crippen LogP contribution is -2.36. The summed E-state index contributed by atoms with van der Waals surface area (Å²) in [6, 6.07) is 11.7. The van der Waals surface area contributed by atoms with Crippen LogP contribution in [0.2, 0.25) is 5.02 Å². The molecule has 0 spiro atoms. The molecule has 0 unspecified atom stereocenters. The van der Waals surface area contributed by atoms with Crippen molar-refractivity contribution >= 4 is 27.3 Å². The topological polar surface area (TPSA) is 55.8 Å². The quantitative estimate of drug-likeness (QED) is 0.862. The van der Waals surface area contributed by atoms with Gasteiger partial charge in [-0.05, 0) is 24.3 Å². The molecular weight excluding hydrogens is 326 g/mol. The minimum absolute atomic E-state index is 0.0165. The molecule has 3 rings (SSSR count). The van der Waals surface area contributed by atoms with E-state index in [0.29, 0.717) is 17.3 Å². The van der Waals surface area contributed by atoms with Crippen molar-refractivity contribution < 1.29 is 17.9 Å². The zero-order valence-corrected chi connectivity index (χ0v) is 13.4. The summed E-state index contributed by atoms with van der Waals surface area (Å²) in [7, 11) is -2.42. The van der Waals surface area contributed by atoms with Gasteiger partial charge in [0.1, 0.15) is 17.4 Å². The molecule has 22 heavy (non-hydrogen) atoms. The molecule has 0 N–H and O–H groups in total. The van der Waals surface area contributed by atoms with Crippen LogP contribution in [0.5, 0.6) is 5.75 Å². The van der Waals surface area contributed by atoms with Crippen molar-refractivity contribution in [3.05, 3.63) is 53.1 Å². The first-order valence-electron chi connectivity index (χ1n) is 6.56. The second-order valence-corrected chi connectivity index (χ2v) is 7.02. The van der Waals surface area contributed by atoms with Crippen LogP contribution in [0.3, 0.4) is 0 Å². The molecular formula is C15H14ClNO4S. The lowest BCUT2D eigenvalue weighted by atomic mass is 10.2. The fourth-order valence-corrected chi connectivity index (χ4v) is 4.16. The van der Waals surface area contributed by atoms with Gasteiger partial charge in [0.2, 0.25) is 0 Å². The highest BCUT2D eigenvalue weighted by Gasteiger charge is 2.32. The fourth-order valence-electron chi connectivity index (χ4n) is 2.35. The van der Waals surface area contributed by atoms with Crippen LogP contribution < -0.4 is 9.04 Å². The monoisotopic (exact) mass is 339 g/mol. The zero-order valence-electron chi connectivity index (χ0n) is 11.8. The van der Waals surface area contributed by atoms with E-state index >= 15 is 0 Å². The van der Waals surface area contributed by atoms with Crippen molar-refractivity contribution in [1.29, 1.82) is 0 Å². The Labute approximate surface area is 134 Å². The van der Waals surface area contributed by atoms with Gasteiger partial charge in [-0.1, -0.05) is 29.8 Å². The molecule has 0 fully saturated rings. The molecule has 0 atom stereocenters. The smallest absolute Gasteiger partial charge is 0.270 e. The van der Waals surface area contributed by atoms with Crippen molar-refractivity contribution in [2.75, 3.05) is 18.1 Å². The van der Waals surface area contributed by atoms with Crippen LogP contribution in [0.1, 0.15) is 5.56 Å². The van der Waals surface area contributed by atoms with Crippen LogP contribution in [0.15, 0.2) is 47.4 Å². The molecule has 7 heteroatoms. The van der Waals surface area contributed by atoms with Crippen LogP contribution in [0, 0.1) is 0 Å². The van der Waals surface area contributed by atoms with Gasteiger partial charge >= 0.3 is 0 Å². The molecule has 0 saturated carbocycles. The Morgan fingerprint density at radius 3 is 2.77 bits per heavy atom. The lowest BCUT2D eigenvalue weighted by Gasteiger charge is -2.30. The van der Waals surface area contributed by atoms with Crippen LogP contribution in [-0.2, 0) is 21.4 Å². The van der Waals surface area contributed by atoms with Gasteiger partial charge in [0, 0.05) is 10.6 Å². The highest BCUT2D eigenvalue weighted by Crippen LogP contribution is 2.35. The van der Waals surface area contributed by atoms with Gasteiger partial charge in [-0.2, -0.15) is 0 Å². The van der Waals surface area contributed by atoms with E-state index in [2.05, 4.69) is 0 Å². The third-order valence-electron chi connectivity index (χ3n) is 3.42. The van der Waals surface area contributed by atoms with Crippen molar-refractivity contribution in [3.8, 4) is 5.75 Å². The van der Waals surface area contributed by atoms with Crippen LogP contribution in [0.25, 0.3) is 0 Å². The van der Waals surface area contributed by atoms with E-state index < -0.39 is 10.0 Å². The molecule has 0 radical (unpaired) electrons. The number of benzene rings is 2. The van der Waals surface area contributed by atoms with E-state index in [-0.39, 0.29) is 17.4 Å². The Hall–Kier alpha value is -1.76. The number of rotatable bonds is 3. The van der Waals surface area contributed by atoms with E-state index in [1.54, 1.807) is 18.2 Å². The Bertz CT molecular complexity index is 807. The molecule has 1 heterocycles. The first-order chi connectivity index (χ1) is 10.5. The summed E-state index contributed by atoms with van der Waals surface area (Å²) in [4.78, 5) is 0.0165. The minimum Gasteiger partial charge on any atom is -0.495 e. The van der Waals surface area contributed by atoms with Gasteiger partial charge in [-0.15, -0.1) is 0 Å². The Kier molecular flexibility index (Phi) is 3.99. The van der Waals surface area contributed by atoms with Gasteiger partial charge in [0.15, 0.2) is 0 Å². The van der Waals surface area contributed by atoms with Crippen molar-refractivity contribution in [2.45, 2.75) is 11.5 Å². The van der Waals surface area contributed by atoms with E-state index in [0.717, 1.165) is 5.56 Å². The molecule has 2 aromatic carbocycles. The molecule has 0 aromatic heterocycles. The van der Waals surface area contributed by atoms with Gasteiger partial charge in [0.25, 0.3) is 10.0 Å². The van der Waals surface area contributed by atoms with Gasteiger partial charge in [-0.25, -0.2) is 12.7 Å². The standard InChI is InChI=1S/C15H14ClNO4S/c1-20-14-7-6-12(16)8-15(14)22(18,19)17-10-21-9-11-4-2-3-5-13(11)17/h2-8H,9-10H2,1H3. The molecule has 0 saturated heterocycles. The summed E-state index contributed by atoms with van der Waals surface area (Å²) >= 11 is 5.95. The number of fused-ring (bicyclic) bond motifs is 1. The van der Waals surface area contributed by atoms with E-state index in [9.17, 15) is 8.42 Å². The van der Waals surface area contributed by atoms with Gasteiger partial charge < -0.3 is 9.47 Å². The highest BCUT2D eigenvalue weighted by atomic mass is 35.5. The first kappa shape index (κ1) is 15.1. The Morgan fingerprint density at radius 2 is 2.00 bits per heavy atom. The second kappa shape index (κ2) is 5.79. The number of para-hydroxylation sites is 1. The van der Waals surface area contributed by atoms with Crippen LogP contribution in [-0.4, -0.2) is 22.3 Å². The predicted molar refractivity (Wildman–Crippen MR) is 83.8 cm³/mol. The van der Waals surface area contributed by atoms with Crippen LogP contribution in [0.4, 0.5) is 5.69 Å².